The highest BCUT2D eigenvalue weighted by atomic mass is 16.5. The summed E-state index contributed by atoms with van der Waals surface area (Å²) in [7, 11) is 0. The lowest BCUT2D eigenvalue weighted by Gasteiger charge is -2.24. The Bertz CT molecular complexity index is 923. The summed E-state index contributed by atoms with van der Waals surface area (Å²) in [5.41, 5.74) is 1.86. The van der Waals surface area contributed by atoms with Crippen molar-refractivity contribution in [1.82, 2.24) is 19.7 Å². The predicted molar refractivity (Wildman–Crippen MR) is 91.5 cm³/mol. The second-order valence-corrected chi connectivity index (χ2v) is 6.18. The Morgan fingerprint density at radius 2 is 2.00 bits per heavy atom. The van der Waals surface area contributed by atoms with E-state index in [4.69, 9.17) is 9.15 Å². The van der Waals surface area contributed by atoms with Gasteiger partial charge >= 0.3 is 5.97 Å². The summed E-state index contributed by atoms with van der Waals surface area (Å²) in [5, 5.41) is 17.5. The van der Waals surface area contributed by atoms with Crippen LogP contribution in [-0.2, 0) is 4.74 Å². The summed E-state index contributed by atoms with van der Waals surface area (Å²) in [6, 6.07) is 7.35. The molecule has 0 bridgehead atoms. The molecule has 1 fully saturated rings. The minimum atomic E-state index is -1.14. The second-order valence-electron chi connectivity index (χ2n) is 6.18. The lowest BCUT2D eigenvalue weighted by atomic mass is 10.1. The molecule has 1 atom stereocenters. The number of nitrogens with zero attached hydrogens (tertiary/aromatic N) is 4. The van der Waals surface area contributed by atoms with Crippen molar-refractivity contribution in [3.05, 3.63) is 42.2 Å². The summed E-state index contributed by atoms with van der Waals surface area (Å²) in [5.74, 6) is -0.262. The number of aryl methyl sites for hydroxylation is 1. The highest BCUT2D eigenvalue weighted by Gasteiger charge is 2.22. The van der Waals surface area contributed by atoms with Gasteiger partial charge in [-0.3, -0.25) is 4.57 Å². The quantitative estimate of drug-likeness (QED) is 0.766. The zero-order chi connectivity index (χ0) is 18.1. The number of benzene rings is 1. The molecule has 1 aromatic carbocycles. The van der Waals surface area contributed by atoms with E-state index in [1.807, 2.05) is 16.7 Å². The van der Waals surface area contributed by atoms with Crippen molar-refractivity contribution < 1.29 is 19.1 Å². The monoisotopic (exact) mass is 354 g/mol. The van der Waals surface area contributed by atoms with Gasteiger partial charge in [-0.2, -0.15) is 0 Å². The first-order valence-electron chi connectivity index (χ1n) is 8.46. The summed E-state index contributed by atoms with van der Waals surface area (Å²) in [6.07, 6.45) is 4.76. The first kappa shape index (κ1) is 16.5. The standard InChI is InChI=1S/C18H18N4O4/c1-11-20-15(16(26-11)18(23)24)12-5-7-13(8-6-12)17-21-19-10-22(17)14-4-2-3-9-25-14/h5-8,10,14H,2-4,9H2,1H3,(H,23,24). The number of carboxylic acid groups (broad SMARTS) is 1. The van der Waals surface area contributed by atoms with E-state index >= 15 is 0 Å². The number of hydrogen-bond acceptors (Lipinski definition) is 6. The highest BCUT2D eigenvalue weighted by molar-refractivity contribution is 5.91. The molecule has 1 N–H and O–H groups in total. The highest BCUT2D eigenvalue weighted by Crippen LogP contribution is 2.30. The van der Waals surface area contributed by atoms with Crippen LogP contribution in [0.4, 0.5) is 0 Å². The summed E-state index contributed by atoms with van der Waals surface area (Å²) < 4.78 is 12.9. The maximum atomic E-state index is 11.3. The van der Waals surface area contributed by atoms with Crippen LogP contribution in [0.25, 0.3) is 22.6 Å². The lowest BCUT2D eigenvalue weighted by Crippen LogP contribution is -2.18. The third kappa shape index (κ3) is 2.99. The van der Waals surface area contributed by atoms with Gasteiger partial charge in [0, 0.05) is 24.7 Å². The van der Waals surface area contributed by atoms with Crippen LogP contribution < -0.4 is 0 Å². The smallest absolute Gasteiger partial charge is 0.374 e. The van der Waals surface area contributed by atoms with Crippen LogP contribution in [0, 0.1) is 6.92 Å². The fourth-order valence-corrected chi connectivity index (χ4v) is 3.15. The number of hydrogen-bond donors (Lipinski definition) is 1. The van der Waals surface area contributed by atoms with Gasteiger partial charge in [0.2, 0.25) is 5.76 Å². The van der Waals surface area contributed by atoms with Crippen molar-refractivity contribution >= 4 is 5.97 Å². The molecule has 0 radical (unpaired) electrons. The van der Waals surface area contributed by atoms with Crippen molar-refractivity contribution in [2.24, 2.45) is 0 Å². The number of carboxylic acids is 1. The first-order valence-corrected chi connectivity index (χ1v) is 8.46. The topological polar surface area (TPSA) is 103 Å². The molecule has 2 aromatic heterocycles. The number of rotatable bonds is 4. The van der Waals surface area contributed by atoms with E-state index < -0.39 is 5.97 Å². The Morgan fingerprint density at radius 3 is 2.69 bits per heavy atom. The molecular formula is C18H18N4O4. The molecule has 26 heavy (non-hydrogen) atoms. The third-order valence-corrected chi connectivity index (χ3v) is 4.38. The van der Waals surface area contributed by atoms with E-state index in [0.717, 1.165) is 37.3 Å². The van der Waals surface area contributed by atoms with E-state index in [1.165, 1.54) is 0 Å². The van der Waals surface area contributed by atoms with E-state index in [-0.39, 0.29) is 12.0 Å². The van der Waals surface area contributed by atoms with Crippen LogP contribution in [0.5, 0.6) is 0 Å². The minimum absolute atomic E-state index is 0.0507. The zero-order valence-electron chi connectivity index (χ0n) is 14.3. The van der Waals surface area contributed by atoms with Gasteiger partial charge in [-0.25, -0.2) is 9.78 Å². The fourth-order valence-electron chi connectivity index (χ4n) is 3.15. The average Bonchev–Trinajstić information content (AvgIpc) is 3.29. The van der Waals surface area contributed by atoms with Gasteiger partial charge in [0.15, 0.2) is 11.7 Å². The summed E-state index contributed by atoms with van der Waals surface area (Å²) >= 11 is 0. The number of carbonyl (C=O) groups is 1. The Balaban J connectivity index is 1.65. The number of oxazole rings is 1. The average molecular weight is 354 g/mol. The van der Waals surface area contributed by atoms with Crippen molar-refractivity contribution in [1.29, 1.82) is 0 Å². The normalized spacial score (nSPS) is 17.3. The molecule has 1 aliphatic heterocycles. The number of aromatic carboxylic acids is 1. The molecule has 134 valence electrons. The molecular weight excluding hydrogens is 336 g/mol. The van der Waals surface area contributed by atoms with Crippen LogP contribution in [0.3, 0.4) is 0 Å². The van der Waals surface area contributed by atoms with E-state index in [1.54, 1.807) is 25.4 Å². The van der Waals surface area contributed by atoms with Crippen LogP contribution in [0.2, 0.25) is 0 Å². The molecule has 3 heterocycles. The molecule has 0 saturated carbocycles. The first-order chi connectivity index (χ1) is 12.6. The van der Waals surface area contributed by atoms with E-state index in [2.05, 4.69) is 15.2 Å². The van der Waals surface area contributed by atoms with Gasteiger partial charge in [0.05, 0.1) is 0 Å². The fraction of sp³-hybridized carbons (Fsp3) is 0.333. The van der Waals surface area contributed by atoms with Gasteiger partial charge in [-0.1, -0.05) is 24.3 Å². The molecule has 1 unspecified atom stereocenters. The minimum Gasteiger partial charge on any atom is -0.475 e. The molecule has 1 saturated heterocycles. The van der Waals surface area contributed by atoms with Crippen LogP contribution >= 0.6 is 0 Å². The predicted octanol–water partition coefficient (Wildman–Crippen LogP) is 3.31. The van der Waals surface area contributed by atoms with Crippen molar-refractivity contribution in [3.63, 3.8) is 0 Å². The molecule has 1 aliphatic rings. The number of ether oxygens (including phenoxy) is 1. The third-order valence-electron chi connectivity index (χ3n) is 4.38. The molecule has 8 nitrogen and oxygen atoms in total. The van der Waals surface area contributed by atoms with Crippen molar-refractivity contribution in [3.8, 4) is 22.6 Å². The lowest BCUT2D eigenvalue weighted by molar-refractivity contribution is -0.0311. The Kier molecular flexibility index (Phi) is 4.26. The largest absolute Gasteiger partial charge is 0.475 e. The molecule has 0 aliphatic carbocycles. The molecule has 4 rings (SSSR count). The second kappa shape index (κ2) is 6.72. The van der Waals surface area contributed by atoms with Gasteiger partial charge in [0.1, 0.15) is 18.2 Å². The number of aromatic nitrogens is 4. The van der Waals surface area contributed by atoms with Crippen LogP contribution in [0.1, 0.15) is 41.9 Å². The van der Waals surface area contributed by atoms with Crippen LogP contribution in [-0.4, -0.2) is 37.4 Å². The van der Waals surface area contributed by atoms with Crippen LogP contribution in [0.15, 0.2) is 35.0 Å². The van der Waals surface area contributed by atoms with Crippen molar-refractivity contribution in [2.45, 2.75) is 32.4 Å². The van der Waals surface area contributed by atoms with Gasteiger partial charge in [0.25, 0.3) is 0 Å². The molecule has 3 aromatic rings. The Morgan fingerprint density at radius 1 is 1.23 bits per heavy atom. The maximum absolute atomic E-state index is 11.3. The Labute approximate surface area is 149 Å². The van der Waals surface area contributed by atoms with E-state index in [0.29, 0.717) is 17.1 Å². The summed E-state index contributed by atoms with van der Waals surface area (Å²) in [4.78, 5) is 15.5. The molecule has 0 amide bonds. The van der Waals surface area contributed by atoms with Gasteiger partial charge < -0.3 is 14.3 Å². The Hall–Kier alpha value is -3.00. The molecule has 8 heteroatoms. The van der Waals surface area contributed by atoms with Gasteiger partial charge in [-0.05, 0) is 19.3 Å². The maximum Gasteiger partial charge on any atom is 0.374 e. The SMILES string of the molecule is Cc1nc(-c2ccc(-c3nncn3C3CCCCO3)cc2)c(C(=O)O)o1. The van der Waals surface area contributed by atoms with Gasteiger partial charge in [-0.15, -0.1) is 10.2 Å². The van der Waals surface area contributed by atoms with E-state index in [9.17, 15) is 9.90 Å². The zero-order valence-corrected chi connectivity index (χ0v) is 14.3. The van der Waals surface area contributed by atoms with Crippen molar-refractivity contribution in [2.75, 3.05) is 6.61 Å². The summed E-state index contributed by atoms with van der Waals surface area (Å²) in [6.45, 7) is 2.36. The molecule has 0 spiro atoms.